The van der Waals surface area contributed by atoms with Crippen molar-refractivity contribution in [2.24, 2.45) is 5.92 Å². The normalized spacial score (nSPS) is 25.2. The van der Waals surface area contributed by atoms with Crippen molar-refractivity contribution >= 4 is 5.91 Å². The number of aromatic nitrogens is 4. The van der Waals surface area contributed by atoms with Gasteiger partial charge in [-0.3, -0.25) is 9.78 Å². The van der Waals surface area contributed by atoms with E-state index in [1.807, 2.05) is 4.68 Å². The second kappa shape index (κ2) is 4.88. The molecule has 2 atom stereocenters. The van der Waals surface area contributed by atoms with E-state index in [1.54, 1.807) is 18.6 Å². The quantitative estimate of drug-likeness (QED) is 0.941. The van der Waals surface area contributed by atoms with Crippen molar-refractivity contribution in [1.29, 1.82) is 0 Å². The van der Waals surface area contributed by atoms with Crippen LogP contribution in [0.3, 0.4) is 0 Å². The molecule has 1 N–H and O–H groups in total. The van der Waals surface area contributed by atoms with E-state index in [-0.39, 0.29) is 5.91 Å². The van der Waals surface area contributed by atoms with E-state index in [0.29, 0.717) is 29.4 Å². The van der Waals surface area contributed by atoms with E-state index >= 15 is 0 Å². The van der Waals surface area contributed by atoms with Crippen LogP contribution in [0.4, 0.5) is 0 Å². The number of carbonyl (C=O) groups excluding carboxylic acids is 1. The van der Waals surface area contributed by atoms with Gasteiger partial charge in [-0.05, 0) is 31.6 Å². The second-order valence-corrected chi connectivity index (χ2v) is 6.95. The van der Waals surface area contributed by atoms with E-state index < -0.39 is 0 Å². The maximum absolute atomic E-state index is 12.7. The molecule has 0 saturated heterocycles. The van der Waals surface area contributed by atoms with Crippen LogP contribution in [0.1, 0.15) is 59.8 Å². The van der Waals surface area contributed by atoms with Gasteiger partial charge in [0.25, 0.3) is 5.91 Å². The molecule has 0 aromatic carbocycles. The van der Waals surface area contributed by atoms with E-state index in [4.69, 9.17) is 0 Å². The van der Waals surface area contributed by atoms with Crippen molar-refractivity contribution in [2.75, 3.05) is 0 Å². The van der Waals surface area contributed by atoms with Gasteiger partial charge in [-0.2, -0.15) is 5.10 Å². The maximum Gasteiger partial charge on any atom is 0.272 e. The average molecular weight is 309 g/mol. The number of hydrogen-bond donors (Lipinski definition) is 1. The summed E-state index contributed by atoms with van der Waals surface area (Å²) >= 11 is 0. The molecule has 0 radical (unpaired) electrons. The van der Waals surface area contributed by atoms with Gasteiger partial charge in [0.05, 0.1) is 11.9 Å². The average Bonchev–Trinajstić information content (AvgIpc) is 2.96. The first-order valence-electron chi connectivity index (χ1n) is 8.50. The topological polar surface area (TPSA) is 72.7 Å². The molecule has 2 heterocycles. The summed E-state index contributed by atoms with van der Waals surface area (Å²) in [6.45, 7) is 0. The highest BCUT2D eigenvalue weighted by molar-refractivity contribution is 5.94. The van der Waals surface area contributed by atoms with E-state index in [1.165, 1.54) is 25.0 Å². The minimum atomic E-state index is -0.0166. The standard InChI is InChI=1S/C17H19N5O/c23-17(20-11-3-1-2-4-11)15-13-8-10-7-12(10)16(13)22(21-15)14-9-18-5-6-19-14/h5-6,9-12H,1-4,7-8H2,(H,20,23)/t10-,12-/m1/s1. The third-order valence-corrected chi connectivity index (χ3v) is 5.44. The monoisotopic (exact) mass is 309 g/mol. The fourth-order valence-corrected chi connectivity index (χ4v) is 4.20. The molecule has 118 valence electrons. The Morgan fingerprint density at radius 2 is 2.13 bits per heavy atom. The molecule has 3 aliphatic carbocycles. The molecule has 0 aliphatic heterocycles. The molecule has 2 saturated carbocycles. The molecule has 3 aliphatic rings. The molecular weight excluding hydrogens is 290 g/mol. The van der Waals surface area contributed by atoms with Gasteiger partial charge >= 0.3 is 0 Å². The SMILES string of the molecule is O=C(NC1CCCC1)c1nn(-c2cnccn2)c2c1C[C@H]1C[C@@H]21. The van der Waals surface area contributed by atoms with Gasteiger partial charge in [-0.25, -0.2) is 9.67 Å². The lowest BCUT2D eigenvalue weighted by atomic mass is 10.1. The lowest BCUT2D eigenvalue weighted by molar-refractivity contribution is 0.0931. The molecule has 5 rings (SSSR count). The minimum Gasteiger partial charge on any atom is -0.348 e. The largest absolute Gasteiger partial charge is 0.348 e. The first kappa shape index (κ1) is 13.2. The van der Waals surface area contributed by atoms with Crippen LogP contribution in [-0.2, 0) is 6.42 Å². The second-order valence-electron chi connectivity index (χ2n) is 6.95. The van der Waals surface area contributed by atoms with Crippen molar-refractivity contribution in [3.05, 3.63) is 35.5 Å². The summed E-state index contributed by atoms with van der Waals surface area (Å²) in [4.78, 5) is 21.2. The van der Waals surface area contributed by atoms with Crippen molar-refractivity contribution < 1.29 is 4.79 Å². The Hall–Kier alpha value is -2.24. The summed E-state index contributed by atoms with van der Waals surface area (Å²) in [5, 5.41) is 7.79. The van der Waals surface area contributed by atoms with Crippen LogP contribution in [-0.4, -0.2) is 31.7 Å². The van der Waals surface area contributed by atoms with Gasteiger partial charge in [0.2, 0.25) is 0 Å². The van der Waals surface area contributed by atoms with E-state index in [2.05, 4.69) is 20.4 Å². The molecule has 2 aromatic heterocycles. The van der Waals surface area contributed by atoms with Crippen molar-refractivity contribution in [3.8, 4) is 5.82 Å². The molecule has 6 nitrogen and oxygen atoms in total. The summed E-state index contributed by atoms with van der Waals surface area (Å²) in [6.07, 6.45) is 11.8. The van der Waals surface area contributed by atoms with Crippen LogP contribution in [0.25, 0.3) is 5.82 Å². The van der Waals surface area contributed by atoms with E-state index in [9.17, 15) is 4.79 Å². The first-order valence-corrected chi connectivity index (χ1v) is 8.50. The van der Waals surface area contributed by atoms with Crippen LogP contribution in [0.15, 0.2) is 18.6 Å². The van der Waals surface area contributed by atoms with Gasteiger partial charge in [-0.1, -0.05) is 12.8 Å². The van der Waals surface area contributed by atoms with Gasteiger partial charge in [0, 0.05) is 29.9 Å². The van der Waals surface area contributed by atoms with E-state index in [0.717, 1.165) is 24.8 Å². The molecule has 23 heavy (non-hydrogen) atoms. The zero-order valence-corrected chi connectivity index (χ0v) is 12.9. The molecule has 1 amide bonds. The number of hydrogen-bond acceptors (Lipinski definition) is 4. The molecule has 6 heteroatoms. The Labute approximate surface area is 134 Å². The number of fused-ring (bicyclic) bond motifs is 3. The third-order valence-electron chi connectivity index (χ3n) is 5.44. The van der Waals surface area contributed by atoms with Crippen molar-refractivity contribution in [3.63, 3.8) is 0 Å². The fourth-order valence-electron chi connectivity index (χ4n) is 4.20. The number of amides is 1. The Balaban J connectivity index is 1.53. The maximum atomic E-state index is 12.7. The Kier molecular flexibility index (Phi) is 2.80. The zero-order valence-electron chi connectivity index (χ0n) is 12.9. The molecule has 2 aromatic rings. The van der Waals surface area contributed by atoms with Crippen LogP contribution in [0.2, 0.25) is 0 Å². The summed E-state index contributed by atoms with van der Waals surface area (Å²) in [5.41, 5.74) is 2.92. The molecule has 2 fully saturated rings. The molecule has 0 bridgehead atoms. The molecule has 0 unspecified atom stereocenters. The third kappa shape index (κ3) is 2.08. The van der Waals surface area contributed by atoms with Gasteiger partial charge in [0.15, 0.2) is 11.5 Å². The lowest BCUT2D eigenvalue weighted by Crippen LogP contribution is -2.33. The van der Waals surface area contributed by atoms with Gasteiger partial charge < -0.3 is 5.32 Å². The molecular formula is C17H19N5O. The Bertz CT molecular complexity index is 763. The van der Waals surface area contributed by atoms with Crippen LogP contribution in [0.5, 0.6) is 0 Å². The van der Waals surface area contributed by atoms with Gasteiger partial charge in [0.1, 0.15) is 0 Å². The van der Waals surface area contributed by atoms with Crippen LogP contribution < -0.4 is 5.32 Å². The summed E-state index contributed by atoms with van der Waals surface area (Å²) in [6, 6.07) is 0.316. The highest BCUT2D eigenvalue weighted by atomic mass is 16.2. The lowest BCUT2D eigenvalue weighted by Gasteiger charge is -2.11. The predicted molar refractivity (Wildman–Crippen MR) is 83.4 cm³/mol. The summed E-state index contributed by atoms with van der Waals surface area (Å²) in [5.74, 6) is 1.93. The Morgan fingerprint density at radius 1 is 1.26 bits per heavy atom. The Morgan fingerprint density at radius 3 is 2.91 bits per heavy atom. The smallest absolute Gasteiger partial charge is 0.272 e. The number of nitrogens with zero attached hydrogens (tertiary/aromatic N) is 4. The first-order chi connectivity index (χ1) is 11.3. The number of carbonyl (C=O) groups is 1. The van der Waals surface area contributed by atoms with Crippen LogP contribution in [0, 0.1) is 5.92 Å². The number of rotatable bonds is 3. The zero-order chi connectivity index (χ0) is 15.4. The highest BCUT2D eigenvalue weighted by Gasteiger charge is 2.50. The van der Waals surface area contributed by atoms with Crippen LogP contribution >= 0.6 is 0 Å². The van der Waals surface area contributed by atoms with Crippen molar-refractivity contribution in [1.82, 2.24) is 25.1 Å². The predicted octanol–water partition coefficient (Wildman–Crippen LogP) is 1.99. The highest BCUT2D eigenvalue weighted by Crippen LogP contribution is 2.57. The number of nitrogens with one attached hydrogen (secondary N) is 1. The summed E-state index contributed by atoms with van der Waals surface area (Å²) < 4.78 is 1.85. The fraction of sp³-hybridized carbons (Fsp3) is 0.529. The minimum absolute atomic E-state index is 0.0166. The van der Waals surface area contributed by atoms with Gasteiger partial charge in [-0.15, -0.1) is 0 Å². The van der Waals surface area contributed by atoms with Crippen molar-refractivity contribution in [2.45, 2.75) is 50.5 Å². The molecule has 0 spiro atoms. The summed E-state index contributed by atoms with van der Waals surface area (Å²) in [7, 11) is 0.